The van der Waals surface area contributed by atoms with Crippen molar-refractivity contribution in [2.75, 3.05) is 13.2 Å². The van der Waals surface area contributed by atoms with E-state index in [-0.39, 0.29) is 18.2 Å². The van der Waals surface area contributed by atoms with Crippen molar-refractivity contribution in [3.63, 3.8) is 0 Å². The Morgan fingerprint density at radius 2 is 2.09 bits per heavy atom. The van der Waals surface area contributed by atoms with Gasteiger partial charge in [0.15, 0.2) is 5.11 Å². The van der Waals surface area contributed by atoms with Crippen LogP contribution >= 0.6 is 12.2 Å². The second-order valence-electron chi connectivity index (χ2n) is 8.69. The molecule has 3 aromatic rings. The molecule has 166 valence electrons. The summed E-state index contributed by atoms with van der Waals surface area (Å²) in [5.41, 5.74) is 5.97. The van der Waals surface area contributed by atoms with E-state index in [1.807, 2.05) is 36.8 Å². The molecule has 1 N–H and O–H groups in total. The predicted octanol–water partition coefficient (Wildman–Crippen LogP) is 4.09. The molecule has 5 rings (SSSR count). The van der Waals surface area contributed by atoms with Gasteiger partial charge in [-0.05, 0) is 74.3 Å². The fourth-order valence-corrected chi connectivity index (χ4v) is 5.31. The largest absolute Gasteiger partial charge is 0.376 e. The van der Waals surface area contributed by atoms with Gasteiger partial charge in [0.2, 0.25) is 0 Å². The Kier molecular flexibility index (Phi) is 5.93. The van der Waals surface area contributed by atoms with Crippen LogP contribution < -0.4 is 5.32 Å². The van der Waals surface area contributed by atoms with E-state index in [2.05, 4.69) is 56.8 Å². The van der Waals surface area contributed by atoms with Crippen LogP contribution in [0.2, 0.25) is 0 Å². The van der Waals surface area contributed by atoms with Crippen LogP contribution in [-0.4, -0.2) is 43.8 Å². The minimum atomic E-state index is -0.00237. The Hall–Kier alpha value is -2.77. The molecule has 32 heavy (non-hydrogen) atoms. The summed E-state index contributed by atoms with van der Waals surface area (Å²) in [6, 6.07) is 12.6. The second-order valence-corrected chi connectivity index (χ2v) is 9.07. The lowest BCUT2D eigenvalue weighted by atomic mass is 9.96. The third-order valence-corrected chi connectivity index (χ3v) is 6.97. The van der Waals surface area contributed by atoms with Crippen LogP contribution in [0.1, 0.15) is 53.1 Å². The minimum Gasteiger partial charge on any atom is -0.376 e. The Labute approximate surface area is 194 Å². The number of pyridine rings is 2. The lowest BCUT2D eigenvalue weighted by molar-refractivity contribution is 0.0842. The molecule has 0 saturated carbocycles. The number of aryl methyl sites for hydroxylation is 1. The van der Waals surface area contributed by atoms with Gasteiger partial charge >= 0.3 is 0 Å². The highest BCUT2D eigenvalue weighted by atomic mass is 32.1. The molecule has 2 aliphatic heterocycles. The Morgan fingerprint density at radius 3 is 2.81 bits per heavy atom. The standard InChI is InChI=1S/C25H29N5OS/c1-17-13-21(18(2)29(17)15-19-7-5-10-26-14-19)24-23(22-9-3-4-11-27-22)28-25(32)30(24)16-20-8-6-12-31-20/h3-5,7,9-11,13-14,20,23-24H,6,8,12,15-16H2,1-2H3,(H,28,32). The van der Waals surface area contributed by atoms with Crippen molar-refractivity contribution in [1.82, 2.24) is 24.8 Å². The highest BCUT2D eigenvalue weighted by Crippen LogP contribution is 2.41. The Morgan fingerprint density at radius 1 is 1.19 bits per heavy atom. The quantitative estimate of drug-likeness (QED) is 0.575. The number of nitrogens with zero attached hydrogens (tertiary/aromatic N) is 4. The lowest BCUT2D eigenvalue weighted by Crippen LogP contribution is -2.36. The van der Waals surface area contributed by atoms with Gasteiger partial charge in [0.25, 0.3) is 0 Å². The molecule has 7 heteroatoms. The van der Waals surface area contributed by atoms with Crippen molar-refractivity contribution in [2.24, 2.45) is 0 Å². The van der Waals surface area contributed by atoms with Crippen LogP contribution in [0.25, 0.3) is 0 Å². The first-order valence-electron chi connectivity index (χ1n) is 11.3. The third-order valence-electron chi connectivity index (χ3n) is 6.62. The summed E-state index contributed by atoms with van der Waals surface area (Å²) < 4.78 is 8.34. The van der Waals surface area contributed by atoms with Crippen molar-refractivity contribution in [1.29, 1.82) is 0 Å². The first kappa shape index (κ1) is 21.1. The highest BCUT2D eigenvalue weighted by molar-refractivity contribution is 7.80. The highest BCUT2D eigenvalue weighted by Gasteiger charge is 2.42. The molecular weight excluding hydrogens is 418 g/mol. The molecule has 2 saturated heterocycles. The van der Waals surface area contributed by atoms with E-state index < -0.39 is 0 Å². The smallest absolute Gasteiger partial charge is 0.170 e. The molecular formula is C25H29N5OS. The van der Waals surface area contributed by atoms with Crippen molar-refractivity contribution in [3.8, 4) is 0 Å². The monoisotopic (exact) mass is 447 g/mol. The lowest BCUT2D eigenvalue weighted by Gasteiger charge is -2.30. The molecule has 0 radical (unpaired) electrons. The fraction of sp³-hybridized carbons (Fsp3) is 0.400. The van der Waals surface area contributed by atoms with Crippen LogP contribution in [0, 0.1) is 13.8 Å². The second kappa shape index (κ2) is 9.00. The Balaban J connectivity index is 1.53. The number of rotatable bonds is 6. The number of ether oxygens (including phenoxy) is 1. The molecule has 6 nitrogen and oxygen atoms in total. The Bertz CT molecular complexity index is 1080. The summed E-state index contributed by atoms with van der Waals surface area (Å²) in [7, 11) is 0. The van der Waals surface area contributed by atoms with Gasteiger partial charge < -0.3 is 19.5 Å². The number of nitrogens with one attached hydrogen (secondary N) is 1. The van der Waals surface area contributed by atoms with E-state index >= 15 is 0 Å². The number of aromatic nitrogens is 3. The zero-order chi connectivity index (χ0) is 22.1. The predicted molar refractivity (Wildman–Crippen MR) is 128 cm³/mol. The van der Waals surface area contributed by atoms with Crippen molar-refractivity contribution in [2.45, 2.75) is 51.4 Å². The molecule has 2 aliphatic rings. The van der Waals surface area contributed by atoms with Crippen molar-refractivity contribution < 1.29 is 4.74 Å². The normalized spacial score (nSPS) is 23.0. The molecule has 0 aromatic carbocycles. The molecule has 0 aliphatic carbocycles. The van der Waals surface area contributed by atoms with Crippen molar-refractivity contribution >= 4 is 17.3 Å². The minimum absolute atomic E-state index is 0.00237. The maximum Gasteiger partial charge on any atom is 0.170 e. The summed E-state index contributed by atoms with van der Waals surface area (Å²) in [5, 5.41) is 4.34. The van der Waals surface area contributed by atoms with Crippen LogP contribution in [0.4, 0.5) is 0 Å². The van der Waals surface area contributed by atoms with E-state index in [4.69, 9.17) is 17.0 Å². The first-order valence-corrected chi connectivity index (χ1v) is 11.7. The van der Waals surface area contributed by atoms with E-state index in [9.17, 15) is 0 Å². The van der Waals surface area contributed by atoms with Crippen LogP contribution in [-0.2, 0) is 11.3 Å². The third kappa shape index (κ3) is 4.02. The van der Waals surface area contributed by atoms with Gasteiger partial charge in [-0.1, -0.05) is 12.1 Å². The summed E-state index contributed by atoms with van der Waals surface area (Å²) in [4.78, 5) is 11.3. The number of hydrogen-bond donors (Lipinski definition) is 1. The molecule has 2 fully saturated rings. The topological polar surface area (TPSA) is 55.2 Å². The zero-order valence-corrected chi connectivity index (χ0v) is 19.4. The van der Waals surface area contributed by atoms with E-state index in [0.717, 1.165) is 43.3 Å². The summed E-state index contributed by atoms with van der Waals surface area (Å²) in [6.45, 7) is 6.82. The average Bonchev–Trinajstić information content (AvgIpc) is 3.51. The van der Waals surface area contributed by atoms with Crippen molar-refractivity contribution in [3.05, 3.63) is 83.2 Å². The van der Waals surface area contributed by atoms with Crippen LogP contribution in [0.15, 0.2) is 55.0 Å². The molecule has 0 bridgehead atoms. The number of hydrogen-bond acceptors (Lipinski definition) is 4. The molecule has 3 atom stereocenters. The molecule has 3 unspecified atom stereocenters. The van der Waals surface area contributed by atoms with Gasteiger partial charge in [-0.25, -0.2) is 0 Å². The molecule has 5 heterocycles. The van der Waals surface area contributed by atoms with Gasteiger partial charge in [-0.3, -0.25) is 9.97 Å². The van der Waals surface area contributed by atoms with Gasteiger partial charge in [0.05, 0.1) is 23.9 Å². The summed E-state index contributed by atoms with van der Waals surface area (Å²) in [5.74, 6) is 0. The zero-order valence-electron chi connectivity index (χ0n) is 18.6. The van der Waals surface area contributed by atoms with E-state index in [1.54, 1.807) is 0 Å². The maximum absolute atomic E-state index is 5.97. The van der Waals surface area contributed by atoms with Gasteiger partial charge in [-0.15, -0.1) is 0 Å². The summed E-state index contributed by atoms with van der Waals surface area (Å²) in [6.07, 6.45) is 8.03. The number of thiocarbonyl (C=S) groups is 1. The molecule has 0 spiro atoms. The average molecular weight is 448 g/mol. The van der Waals surface area contributed by atoms with E-state index in [1.165, 1.54) is 22.5 Å². The summed E-state index contributed by atoms with van der Waals surface area (Å²) >= 11 is 5.83. The van der Waals surface area contributed by atoms with Crippen LogP contribution in [0.5, 0.6) is 0 Å². The van der Waals surface area contributed by atoms with Gasteiger partial charge in [0.1, 0.15) is 0 Å². The fourth-order valence-electron chi connectivity index (χ4n) is 4.99. The SMILES string of the molecule is Cc1cc(C2C(c3ccccn3)NC(=S)N2CC2CCCO2)c(C)n1Cc1cccnc1. The van der Waals surface area contributed by atoms with Gasteiger partial charge in [-0.2, -0.15) is 0 Å². The molecule has 3 aromatic heterocycles. The van der Waals surface area contributed by atoms with Crippen LogP contribution in [0.3, 0.4) is 0 Å². The van der Waals surface area contributed by atoms with Gasteiger partial charge in [0, 0.05) is 49.7 Å². The van der Waals surface area contributed by atoms with E-state index in [0.29, 0.717) is 0 Å². The molecule has 0 amide bonds. The maximum atomic E-state index is 5.97. The first-order chi connectivity index (χ1) is 15.6.